The van der Waals surface area contributed by atoms with Crippen LogP contribution in [0.2, 0.25) is 0 Å². The van der Waals surface area contributed by atoms with Crippen molar-refractivity contribution in [2.24, 2.45) is 0 Å². The summed E-state index contributed by atoms with van der Waals surface area (Å²) in [5.74, 6) is -0.209. The molecule has 2 aromatic rings. The van der Waals surface area contributed by atoms with Crippen molar-refractivity contribution >= 4 is 33.0 Å². The van der Waals surface area contributed by atoms with Crippen molar-refractivity contribution in [2.45, 2.75) is 18.2 Å². The Morgan fingerprint density at radius 2 is 1.48 bits per heavy atom. The second-order valence-electron chi connectivity index (χ2n) is 6.47. The van der Waals surface area contributed by atoms with E-state index in [4.69, 9.17) is 0 Å². The van der Waals surface area contributed by atoms with Gasteiger partial charge in [-0.2, -0.15) is 0 Å². The van der Waals surface area contributed by atoms with Crippen LogP contribution < -0.4 is 15.4 Å². The molecule has 27 heavy (non-hydrogen) atoms. The predicted molar refractivity (Wildman–Crippen MR) is 110 cm³/mol. The number of nitrogens with one attached hydrogen (secondary N) is 3. The molecular formula is C19H26N4O3S. The number of nitrogens with zero attached hydrogens (tertiary/aromatic N) is 1. The lowest BCUT2D eigenvalue weighted by Crippen LogP contribution is -2.16. The van der Waals surface area contributed by atoms with E-state index in [1.165, 1.54) is 19.1 Å². The Morgan fingerprint density at radius 3 is 2.04 bits per heavy atom. The summed E-state index contributed by atoms with van der Waals surface area (Å²) in [5.41, 5.74) is 1.97. The molecule has 0 aromatic heterocycles. The molecule has 0 fully saturated rings. The zero-order valence-electron chi connectivity index (χ0n) is 15.8. The number of carbonyl (C=O) groups excluding carboxylic acids is 1. The number of hydrogen-bond donors (Lipinski definition) is 3. The number of hydrogen-bond acceptors (Lipinski definition) is 5. The minimum atomic E-state index is -3.69. The summed E-state index contributed by atoms with van der Waals surface area (Å²) >= 11 is 0. The van der Waals surface area contributed by atoms with E-state index < -0.39 is 10.0 Å². The highest BCUT2D eigenvalue weighted by Crippen LogP contribution is 2.20. The first-order chi connectivity index (χ1) is 12.8. The molecule has 0 heterocycles. The third-order valence-electron chi connectivity index (χ3n) is 3.73. The van der Waals surface area contributed by atoms with Crippen molar-refractivity contribution in [2.75, 3.05) is 42.5 Å². The summed E-state index contributed by atoms with van der Waals surface area (Å²) < 4.78 is 27.5. The van der Waals surface area contributed by atoms with Gasteiger partial charge in [-0.1, -0.05) is 0 Å². The molecule has 2 rings (SSSR count). The van der Waals surface area contributed by atoms with Crippen LogP contribution in [0.4, 0.5) is 17.1 Å². The molecule has 0 aliphatic heterocycles. The highest BCUT2D eigenvalue weighted by Gasteiger charge is 2.14. The van der Waals surface area contributed by atoms with Gasteiger partial charge in [0.2, 0.25) is 5.91 Å². The van der Waals surface area contributed by atoms with Gasteiger partial charge in [-0.05, 0) is 75.6 Å². The molecule has 1 amide bonds. The highest BCUT2D eigenvalue weighted by molar-refractivity contribution is 7.92. The molecule has 3 N–H and O–H groups in total. The van der Waals surface area contributed by atoms with Crippen LogP contribution in [-0.4, -0.2) is 46.4 Å². The van der Waals surface area contributed by atoms with E-state index in [-0.39, 0.29) is 10.8 Å². The lowest BCUT2D eigenvalue weighted by molar-refractivity contribution is -0.114. The summed E-state index contributed by atoms with van der Waals surface area (Å²) in [6.45, 7) is 3.25. The minimum Gasteiger partial charge on any atom is -0.385 e. The molecule has 0 saturated heterocycles. The van der Waals surface area contributed by atoms with Crippen molar-refractivity contribution in [1.29, 1.82) is 0 Å². The maximum atomic E-state index is 12.5. The first kappa shape index (κ1) is 20.7. The lowest BCUT2D eigenvalue weighted by atomic mass is 10.3. The number of sulfonamides is 1. The third-order valence-corrected chi connectivity index (χ3v) is 5.13. The first-order valence-electron chi connectivity index (χ1n) is 8.65. The molecule has 146 valence electrons. The van der Waals surface area contributed by atoms with Gasteiger partial charge >= 0.3 is 0 Å². The maximum Gasteiger partial charge on any atom is 0.261 e. The smallest absolute Gasteiger partial charge is 0.261 e. The topological polar surface area (TPSA) is 90.5 Å². The SMILES string of the molecule is CC(=O)Nc1ccc(S(=O)(=O)Nc2ccc(NCCCN(C)C)cc2)cc1. The van der Waals surface area contributed by atoms with E-state index in [0.29, 0.717) is 11.4 Å². The maximum absolute atomic E-state index is 12.5. The Bertz CT molecular complexity index is 848. The Labute approximate surface area is 160 Å². The van der Waals surface area contributed by atoms with Gasteiger partial charge in [0, 0.05) is 30.5 Å². The van der Waals surface area contributed by atoms with Crippen LogP contribution in [0.15, 0.2) is 53.4 Å². The summed E-state index contributed by atoms with van der Waals surface area (Å²) in [6, 6.07) is 13.1. The molecule has 7 nitrogen and oxygen atoms in total. The lowest BCUT2D eigenvalue weighted by Gasteiger charge is -2.12. The number of carbonyl (C=O) groups is 1. The van der Waals surface area contributed by atoms with Gasteiger partial charge in [0.25, 0.3) is 10.0 Å². The average molecular weight is 391 g/mol. The zero-order chi connectivity index (χ0) is 19.9. The van der Waals surface area contributed by atoms with E-state index in [1.807, 2.05) is 26.2 Å². The fourth-order valence-corrected chi connectivity index (χ4v) is 3.48. The highest BCUT2D eigenvalue weighted by atomic mass is 32.2. The molecular weight excluding hydrogens is 364 g/mol. The Balaban J connectivity index is 1.95. The van der Waals surface area contributed by atoms with Crippen LogP contribution in [0.3, 0.4) is 0 Å². The van der Waals surface area contributed by atoms with E-state index in [1.54, 1.807) is 24.3 Å². The molecule has 0 spiro atoms. The third kappa shape index (κ3) is 6.92. The van der Waals surface area contributed by atoms with Crippen molar-refractivity contribution in [3.63, 3.8) is 0 Å². The van der Waals surface area contributed by atoms with Gasteiger partial charge in [-0.15, -0.1) is 0 Å². The van der Waals surface area contributed by atoms with Gasteiger partial charge in [-0.25, -0.2) is 8.42 Å². The Hall–Kier alpha value is -2.58. The Morgan fingerprint density at radius 1 is 0.926 bits per heavy atom. The second kappa shape index (κ2) is 9.38. The van der Waals surface area contributed by atoms with Gasteiger partial charge in [-0.3, -0.25) is 9.52 Å². The normalized spacial score (nSPS) is 11.3. The number of benzene rings is 2. The zero-order valence-corrected chi connectivity index (χ0v) is 16.6. The van der Waals surface area contributed by atoms with Crippen molar-refractivity contribution in [3.05, 3.63) is 48.5 Å². The van der Waals surface area contributed by atoms with Crippen molar-refractivity contribution in [3.8, 4) is 0 Å². The fourth-order valence-electron chi connectivity index (χ4n) is 2.42. The average Bonchev–Trinajstić information content (AvgIpc) is 2.59. The van der Waals surface area contributed by atoms with Crippen molar-refractivity contribution in [1.82, 2.24) is 4.90 Å². The monoisotopic (exact) mass is 390 g/mol. The molecule has 0 aliphatic carbocycles. The van der Waals surface area contributed by atoms with Gasteiger partial charge in [0.15, 0.2) is 0 Å². The van der Waals surface area contributed by atoms with Gasteiger partial charge in [0.05, 0.1) is 4.90 Å². The molecule has 0 bridgehead atoms. The van der Waals surface area contributed by atoms with Gasteiger partial charge in [0.1, 0.15) is 0 Å². The summed E-state index contributed by atoms with van der Waals surface area (Å²) in [6.07, 6.45) is 1.02. The van der Waals surface area contributed by atoms with Crippen LogP contribution in [0, 0.1) is 0 Å². The van der Waals surface area contributed by atoms with E-state index in [2.05, 4.69) is 20.3 Å². The van der Waals surface area contributed by atoms with E-state index >= 15 is 0 Å². The van der Waals surface area contributed by atoms with E-state index in [0.717, 1.165) is 25.2 Å². The number of amides is 1. The molecule has 0 atom stereocenters. The number of rotatable bonds is 9. The van der Waals surface area contributed by atoms with Crippen molar-refractivity contribution < 1.29 is 13.2 Å². The molecule has 0 unspecified atom stereocenters. The van der Waals surface area contributed by atoms with Crippen LogP contribution >= 0.6 is 0 Å². The first-order valence-corrected chi connectivity index (χ1v) is 10.1. The second-order valence-corrected chi connectivity index (χ2v) is 8.15. The summed E-state index contributed by atoms with van der Waals surface area (Å²) in [4.78, 5) is 13.3. The summed E-state index contributed by atoms with van der Waals surface area (Å²) in [5, 5.41) is 5.91. The van der Waals surface area contributed by atoms with Crippen LogP contribution in [0.1, 0.15) is 13.3 Å². The van der Waals surface area contributed by atoms with Crippen LogP contribution in [0.25, 0.3) is 0 Å². The van der Waals surface area contributed by atoms with Crippen LogP contribution in [-0.2, 0) is 14.8 Å². The predicted octanol–water partition coefficient (Wildman–Crippen LogP) is 2.81. The molecule has 2 aromatic carbocycles. The minimum absolute atomic E-state index is 0.127. The standard InChI is InChI=1S/C19H26N4O3S/c1-15(24)21-17-9-11-19(12-10-17)27(25,26)22-18-7-5-16(6-8-18)20-13-4-14-23(2)3/h5-12,20,22H,4,13-14H2,1-3H3,(H,21,24). The fraction of sp³-hybridized carbons (Fsp3) is 0.316. The van der Waals surface area contributed by atoms with Gasteiger partial charge < -0.3 is 15.5 Å². The quantitative estimate of drug-likeness (QED) is 0.573. The molecule has 0 saturated carbocycles. The Kier molecular flexibility index (Phi) is 7.20. The molecule has 8 heteroatoms. The largest absolute Gasteiger partial charge is 0.385 e. The van der Waals surface area contributed by atoms with E-state index in [9.17, 15) is 13.2 Å². The summed E-state index contributed by atoms with van der Waals surface area (Å²) in [7, 11) is 0.382. The number of anilines is 3. The molecule has 0 aliphatic rings. The molecule has 0 radical (unpaired) electrons. The van der Waals surface area contributed by atoms with Crippen LogP contribution in [0.5, 0.6) is 0 Å².